The Balaban J connectivity index is 2.66. The van der Waals surface area contributed by atoms with Gasteiger partial charge >= 0.3 is 0 Å². The van der Waals surface area contributed by atoms with Gasteiger partial charge in [0.2, 0.25) is 0 Å². The summed E-state index contributed by atoms with van der Waals surface area (Å²) in [5.41, 5.74) is 6.56. The van der Waals surface area contributed by atoms with E-state index < -0.39 is 0 Å². The number of aryl methyl sites for hydroxylation is 2. The second-order valence-electron chi connectivity index (χ2n) is 3.78. The van der Waals surface area contributed by atoms with E-state index in [-0.39, 0.29) is 0 Å². The van der Waals surface area contributed by atoms with Crippen molar-refractivity contribution in [1.82, 2.24) is 9.97 Å². The third kappa shape index (κ3) is 3.40. The van der Waals surface area contributed by atoms with Crippen LogP contribution in [-0.2, 0) is 6.42 Å². The first-order valence-electron chi connectivity index (χ1n) is 4.68. The van der Waals surface area contributed by atoms with Crippen molar-refractivity contribution in [3.63, 3.8) is 0 Å². The van der Waals surface area contributed by atoms with E-state index >= 15 is 0 Å². The summed E-state index contributed by atoms with van der Waals surface area (Å²) >= 11 is 0. The summed E-state index contributed by atoms with van der Waals surface area (Å²) < 4.78 is 0. The van der Waals surface area contributed by atoms with Crippen molar-refractivity contribution in [3.05, 3.63) is 17.6 Å². The fraction of sp³-hybridized carbons (Fsp3) is 0.600. The van der Waals surface area contributed by atoms with Crippen molar-refractivity contribution in [2.45, 2.75) is 33.6 Å². The second kappa shape index (κ2) is 4.21. The van der Waals surface area contributed by atoms with Gasteiger partial charge in [-0.2, -0.15) is 0 Å². The maximum absolute atomic E-state index is 5.61. The standard InChI is InChI=1S/C10H17N3/c1-7(2)4-5-10-12-8(3)6-9(11)13-10/h6-7H,4-5H2,1-3H3,(H2,11,12,13). The van der Waals surface area contributed by atoms with Crippen LogP contribution in [0.3, 0.4) is 0 Å². The van der Waals surface area contributed by atoms with E-state index in [1.54, 1.807) is 6.07 Å². The van der Waals surface area contributed by atoms with Crippen LogP contribution in [0.1, 0.15) is 31.8 Å². The number of nitrogens with zero attached hydrogens (tertiary/aromatic N) is 2. The van der Waals surface area contributed by atoms with E-state index in [0.717, 1.165) is 24.4 Å². The molecule has 0 atom stereocenters. The molecule has 0 spiro atoms. The normalized spacial score (nSPS) is 10.8. The Morgan fingerprint density at radius 3 is 2.62 bits per heavy atom. The summed E-state index contributed by atoms with van der Waals surface area (Å²) in [6.45, 7) is 6.33. The Labute approximate surface area is 79.4 Å². The molecule has 0 unspecified atom stereocenters. The zero-order chi connectivity index (χ0) is 9.84. The number of rotatable bonds is 3. The molecule has 0 radical (unpaired) electrons. The number of anilines is 1. The molecule has 0 bridgehead atoms. The van der Waals surface area contributed by atoms with Crippen molar-refractivity contribution < 1.29 is 0 Å². The fourth-order valence-corrected chi connectivity index (χ4v) is 1.19. The van der Waals surface area contributed by atoms with Gasteiger partial charge < -0.3 is 5.73 Å². The lowest BCUT2D eigenvalue weighted by atomic mass is 10.1. The van der Waals surface area contributed by atoms with Gasteiger partial charge in [-0.25, -0.2) is 9.97 Å². The Bertz CT molecular complexity index is 261. The molecule has 0 aliphatic rings. The molecule has 0 saturated heterocycles. The molecule has 3 nitrogen and oxygen atoms in total. The number of nitrogens with two attached hydrogens (primary N) is 1. The molecule has 0 aromatic carbocycles. The van der Waals surface area contributed by atoms with Crippen LogP contribution in [0.4, 0.5) is 5.82 Å². The predicted molar refractivity (Wildman–Crippen MR) is 54.3 cm³/mol. The second-order valence-corrected chi connectivity index (χ2v) is 3.78. The summed E-state index contributed by atoms with van der Waals surface area (Å²) in [5.74, 6) is 2.13. The van der Waals surface area contributed by atoms with Crippen LogP contribution >= 0.6 is 0 Å². The molecule has 1 aromatic rings. The van der Waals surface area contributed by atoms with Crippen LogP contribution in [0.5, 0.6) is 0 Å². The topological polar surface area (TPSA) is 51.8 Å². The summed E-state index contributed by atoms with van der Waals surface area (Å²) in [6.07, 6.45) is 2.03. The SMILES string of the molecule is Cc1cc(N)nc(CCC(C)C)n1. The average molecular weight is 179 g/mol. The molecule has 1 heterocycles. The zero-order valence-corrected chi connectivity index (χ0v) is 8.54. The molecule has 2 N–H and O–H groups in total. The van der Waals surface area contributed by atoms with E-state index in [9.17, 15) is 0 Å². The van der Waals surface area contributed by atoms with Crippen molar-refractivity contribution in [2.75, 3.05) is 5.73 Å². The predicted octanol–water partition coefficient (Wildman–Crippen LogP) is 1.96. The maximum atomic E-state index is 5.61. The van der Waals surface area contributed by atoms with E-state index in [0.29, 0.717) is 11.7 Å². The zero-order valence-electron chi connectivity index (χ0n) is 8.54. The van der Waals surface area contributed by atoms with Crippen molar-refractivity contribution in [1.29, 1.82) is 0 Å². The lowest BCUT2D eigenvalue weighted by Crippen LogP contribution is -2.02. The van der Waals surface area contributed by atoms with E-state index in [4.69, 9.17) is 5.73 Å². The van der Waals surface area contributed by atoms with Gasteiger partial charge in [-0.3, -0.25) is 0 Å². The van der Waals surface area contributed by atoms with Gasteiger partial charge in [0.15, 0.2) is 0 Å². The van der Waals surface area contributed by atoms with Gasteiger partial charge in [-0.1, -0.05) is 13.8 Å². The molecule has 1 aromatic heterocycles. The van der Waals surface area contributed by atoms with Gasteiger partial charge in [0.1, 0.15) is 11.6 Å². The van der Waals surface area contributed by atoms with Crippen molar-refractivity contribution in [3.8, 4) is 0 Å². The summed E-state index contributed by atoms with van der Waals surface area (Å²) in [6, 6.07) is 1.79. The highest BCUT2D eigenvalue weighted by atomic mass is 14.9. The third-order valence-electron chi connectivity index (χ3n) is 1.87. The number of hydrogen-bond acceptors (Lipinski definition) is 3. The van der Waals surface area contributed by atoms with E-state index in [1.165, 1.54) is 0 Å². The Morgan fingerprint density at radius 1 is 1.38 bits per heavy atom. The van der Waals surface area contributed by atoms with E-state index in [2.05, 4.69) is 23.8 Å². The monoisotopic (exact) mass is 179 g/mol. The van der Waals surface area contributed by atoms with Crippen LogP contribution in [0, 0.1) is 12.8 Å². The minimum atomic E-state index is 0.575. The third-order valence-corrected chi connectivity index (χ3v) is 1.87. The summed E-state index contributed by atoms with van der Waals surface area (Å²) in [4.78, 5) is 8.49. The largest absolute Gasteiger partial charge is 0.384 e. The van der Waals surface area contributed by atoms with Crippen LogP contribution < -0.4 is 5.73 Å². The minimum Gasteiger partial charge on any atom is -0.384 e. The van der Waals surface area contributed by atoms with Crippen molar-refractivity contribution in [2.24, 2.45) is 5.92 Å². The first-order chi connectivity index (χ1) is 6.08. The van der Waals surface area contributed by atoms with Crippen LogP contribution in [0.2, 0.25) is 0 Å². The molecule has 13 heavy (non-hydrogen) atoms. The molecule has 72 valence electrons. The molecule has 0 fully saturated rings. The first-order valence-corrected chi connectivity index (χ1v) is 4.68. The summed E-state index contributed by atoms with van der Waals surface area (Å²) in [7, 11) is 0. The van der Waals surface area contributed by atoms with Crippen molar-refractivity contribution >= 4 is 5.82 Å². The van der Waals surface area contributed by atoms with Gasteiger partial charge in [-0.15, -0.1) is 0 Å². The smallest absolute Gasteiger partial charge is 0.130 e. The Hall–Kier alpha value is -1.12. The molecular formula is C10H17N3. The minimum absolute atomic E-state index is 0.575. The Kier molecular flexibility index (Phi) is 3.23. The number of aromatic nitrogens is 2. The molecule has 0 saturated carbocycles. The Morgan fingerprint density at radius 2 is 2.08 bits per heavy atom. The van der Waals surface area contributed by atoms with E-state index in [1.807, 2.05) is 6.92 Å². The molecular weight excluding hydrogens is 162 g/mol. The van der Waals surface area contributed by atoms with Crippen LogP contribution in [0.15, 0.2) is 6.07 Å². The van der Waals surface area contributed by atoms with Gasteiger partial charge in [0.05, 0.1) is 0 Å². The lowest BCUT2D eigenvalue weighted by molar-refractivity contribution is 0.574. The summed E-state index contributed by atoms with van der Waals surface area (Å²) in [5, 5.41) is 0. The maximum Gasteiger partial charge on any atom is 0.130 e. The number of hydrogen-bond donors (Lipinski definition) is 1. The van der Waals surface area contributed by atoms with Crippen LogP contribution in [-0.4, -0.2) is 9.97 Å². The van der Waals surface area contributed by atoms with Gasteiger partial charge in [0.25, 0.3) is 0 Å². The lowest BCUT2D eigenvalue weighted by Gasteiger charge is -2.04. The molecule has 3 heteroatoms. The van der Waals surface area contributed by atoms with Gasteiger partial charge in [-0.05, 0) is 19.3 Å². The van der Waals surface area contributed by atoms with Crippen LogP contribution in [0.25, 0.3) is 0 Å². The molecule has 0 aliphatic carbocycles. The fourth-order valence-electron chi connectivity index (χ4n) is 1.19. The molecule has 0 amide bonds. The average Bonchev–Trinajstić information content (AvgIpc) is 1.99. The highest BCUT2D eigenvalue weighted by Gasteiger charge is 2.01. The van der Waals surface area contributed by atoms with Gasteiger partial charge in [0, 0.05) is 18.2 Å². The highest BCUT2D eigenvalue weighted by molar-refractivity contribution is 5.29. The first kappa shape index (κ1) is 9.96. The number of nitrogen functional groups attached to an aromatic ring is 1. The molecule has 1 rings (SSSR count). The highest BCUT2D eigenvalue weighted by Crippen LogP contribution is 2.07. The molecule has 0 aliphatic heterocycles. The quantitative estimate of drug-likeness (QED) is 0.771.